The fourth-order valence-corrected chi connectivity index (χ4v) is 4.58. The molecule has 4 heteroatoms. The van der Waals surface area contributed by atoms with Crippen LogP contribution in [0.1, 0.15) is 0 Å². The maximum atomic E-state index is 6.09. The van der Waals surface area contributed by atoms with Gasteiger partial charge >= 0.3 is 21.2 Å². The maximum Gasteiger partial charge on any atom is 0.358 e. The van der Waals surface area contributed by atoms with E-state index in [-0.39, 0.29) is 21.2 Å². The summed E-state index contributed by atoms with van der Waals surface area (Å²) in [5, 5.41) is 1.44. The Bertz CT molecular complexity index is 529. The Hall–Kier alpha value is -0.450. The number of benzene rings is 2. The average Bonchev–Trinajstić information content (AvgIpc) is 2.29. The van der Waals surface area contributed by atoms with E-state index in [0.717, 1.165) is 5.02 Å². The fourth-order valence-electron chi connectivity index (χ4n) is 1.34. The van der Waals surface area contributed by atoms with Gasteiger partial charge in [0.2, 0.25) is 0 Å². The molecule has 0 amide bonds. The topological polar surface area (TPSA) is 9.23 Å². The number of halogens is 3. The molecule has 88 valence electrons. The number of hydrogen-bond acceptors (Lipinski definition) is 1. The van der Waals surface area contributed by atoms with Crippen molar-refractivity contribution in [3.8, 4) is 5.75 Å². The Morgan fingerprint density at radius 2 is 1.76 bits per heavy atom. The molecule has 2 rings (SSSR count). The van der Waals surface area contributed by atoms with Crippen LogP contribution in [-0.2, 0) is 0 Å². The molecular weight excluding hydrogens is 370 g/mol. The van der Waals surface area contributed by atoms with Crippen molar-refractivity contribution < 1.29 is 25.9 Å². The minimum atomic E-state index is -0.247. The first-order chi connectivity index (χ1) is 8.19. The van der Waals surface area contributed by atoms with Crippen molar-refractivity contribution in [1.82, 2.24) is 0 Å². The molecule has 0 spiro atoms. The van der Waals surface area contributed by atoms with Gasteiger partial charge in [-0.2, -0.15) is 0 Å². The third-order valence-corrected chi connectivity index (χ3v) is 5.24. The molecule has 0 atom stereocenters. The third-order valence-electron chi connectivity index (χ3n) is 2.12. The highest BCUT2D eigenvalue weighted by atomic mass is 127. The lowest BCUT2D eigenvalue weighted by Crippen LogP contribution is -3.61. The molecule has 2 aromatic carbocycles. The molecule has 0 heterocycles. The van der Waals surface area contributed by atoms with Crippen LogP contribution in [0.5, 0.6) is 5.75 Å². The van der Waals surface area contributed by atoms with E-state index in [9.17, 15) is 0 Å². The highest BCUT2D eigenvalue weighted by molar-refractivity contribution is 6.32. The van der Waals surface area contributed by atoms with E-state index in [2.05, 4.69) is 12.1 Å². The van der Waals surface area contributed by atoms with Crippen molar-refractivity contribution >= 4 is 23.2 Å². The highest BCUT2D eigenvalue weighted by Crippen LogP contribution is 2.22. The van der Waals surface area contributed by atoms with Crippen LogP contribution in [0.3, 0.4) is 0 Å². The number of methoxy groups -OCH3 is 1. The predicted octanol–water partition coefficient (Wildman–Crippen LogP) is 1.13. The summed E-state index contributed by atoms with van der Waals surface area (Å²) in [6.45, 7) is 0. The molecule has 0 aromatic heterocycles. The molecule has 0 aliphatic heterocycles. The van der Waals surface area contributed by atoms with Crippen LogP contribution in [-0.4, -0.2) is 7.11 Å². The van der Waals surface area contributed by atoms with Gasteiger partial charge in [0.05, 0.1) is 12.1 Å². The normalized spacial score (nSPS) is 10.3. The van der Waals surface area contributed by atoms with E-state index in [0.29, 0.717) is 10.8 Å². The second kappa shape index (κ2) is 5.94. The van der Waals surface area contributed by atoms with Crippen molar-refractivity contribution in [2.24, 2.45) is 0 Å². The van der Waals surface area contributed by atoms with E-state index in [4.69, 9.17) is 27.9 Å². The molecule has 17 heavy (non-hydrogen) atoms. The van der Waals surface area contributed by atoms with E-state index >= 15 is 0 Å². The van der Waals surface area contributed by atoms with Gasteiger partial charge in [-0.05, 0) is 24.3 Å². The predicted molar refractivity (Wildman–Crippen MR) is 66.9 cm³/mol. The number of hydrogen-bond donors (Lipinski definition) is 0. The molecule has 0 aliphatic carbocycles. The SMILES string of the molecule is COc1ccc([I+]c2cccc(Cl)c2)cc1Cl. The summed E-state index contributed by atoms with van der Waals surface area (Å²) in [4.78, 5) is 0. The molecule has 0 fully saturated rings. The average molecular weight is 380 g/mol. The Balaban J connectivity index is 2.22. The van der Waals surface area contributed by atoms with Crippen LogP contribution < -0.4 is 25.9 Å². The van der Waals surface area contributed by atoms with Crippen molar-refractivity contribution in [3.05, 3.63) is 59.7 Å². The lowest BCUT2D eigenvalue weighted by molar-refractivity contribution is -0.597. The number of rotatable bonds is 3. The van der Waals surface area contributed by atoms with Crippen LogP contribution >= 0.6 is 23.2 Å². The summed E-state index contributed by atoms with van der Waals surface area (Å²) in [6.07, 6.45) is 0. The fraction of sp³-hybridized carbons (Fsp3) is 0.0769. The molecule has 0 saturated heterocycles. The van der Waals surface area contributed by atoms with Crippen molar-refractivity contribution in [2.45, 2.75) is 0 Å². The molecule has 0 radical (unpaired) electrons. The van der Waals surface area contributed by atoms with Gasteiger partial charge in [0, 0.05) is 17.2 Å². The zero-order valence-electron chi connectivity index (χ0n) is 9.08. The minimum Gasteiger partial charge on any atom is -0.495 e. The zero-order valence-corrected chi connectivity index (χ0v) is 12.8. The third kappa shape index (κ3) is 3.50. The lowest BCUT2D eigenvalue weighted by atomic mass is 10.3. The van der Waals surface area contributed by atoms with E-state index < -0.39 is 0 Å². The molecular formula is C13H10Cl2IO+. The number of ether oxygens (including phenoxy) is 1. The maximum absolute atomic E-state index is 6.09. The molecule has 1 nitrogen and oxygen atoms in total. The Morgan fingerprint density at radius 1 is 1.00 bits per heavy atom. The molecule has 0 aliphatic rings. The van der Waals surface area contributed by atoms with Gasteiger partial charge in [0.1, 0.15) is 5.75 Å². The molecule has 0 N–H and O–H groups in total. The summed E-state index contributed by atoms with van der Waals surface area (Å²) in [5.41, 5.74) is 0. The second-order valence-electron chi connectivity index (χ2n) is 3.31. The van der Waals surface area contributed by atoms with Crippen molar-refractivity contribution in [3.63, 3.8) is 0 Å². The Kier molecular flexibility index (Phi) is 4.54. The largest absolute Gasteiger partial charge is 0.495 e. The van der Waals surface area contributed by atoms with Crippen LogP contribution in [0.15, 0.2) is 42.5 Å². The minimum absolute atomic E-state index is 0.247. The summed E-state index contributed by atoms with van der Waals surface area (Å²) in [6, 6.07) is 13.9. The van der Waals surface area contributed by atoms with E-state index in [1.54, 1.807) is 7.11 Å². The lowest BCUT2D eigenvalue weighted by Gasteiger charge is -2.00. The second-order valence-corrected chi connectivity index (χ2v) is 7.19. The van der Waals surface area contributed by atoms with Crippen molar-refractivity contribution in [1.29, 1.82) is 0 Å². The first-order valence-electron chi connectivity index (χ1n) is 4.93. The van der Waals surface area contributed by atoms with Gasteiger partial charge in [-0.25, -0.2) is 0 Å². The standard InChI is InChI=1S/C13H10Cl2IO/c1-17-13-6-5-11(8-12(13)15)16-10-4-2-3-9(14)7-10/h2-8H,1H3/q+1. The van der Waals surface area contributed by atoms with E-state index in [1.165, 1.54) is 7.14 Å². The highest BCUT2D eigenvalue weighted by Gasteiger charge is 2.17. The summed E-state index contributed by atoms with van der Waals surface area (Å²) >= 11 is 11.8. The van der Waals surface area contributed by atoms with Crippen LogP contribution in [0, 0.1) is 7.14 Å². The van der Waals surface area contributed by atoms with Crippen molar-refractivity contribution in [2.75, 3.05) is 7.11 Å². The molecule has 0 saturated carbocycles. The van der Waals surface area contributed by atoms with Gasteiger partial charge in [-0.1, -0.05) is 29.3 Å². The van der Waals surface area contributed by atoms with Gasteiger partial charge in [-0.15, -0.1) is 0 Å². The quantitative estimate of drug-likeness (QED) is 0.726. The molecule has 0 unspecified atom stereocenters. The summed E-state index contributed by atoms with van der Waals surface area (Å²) in [5.74, 6) is 0.713. The van der Waals surface area contributed by atoms with E-state index in [1.807, 2.05) is 30.3 Å². The van der Waals surface area contributed by atoms with Gasteiger partial charge < -0.3 is 4.74 Å². The summed E-state index contributed by atoms with van der Waals surface area (Å²) < 4.78 is 7.65. The smallest absolute Gasteiger partial charge is 0.358 e. The van der Waals surface area contributed by atoms with Crippen LogP contribution in [0.2, 0.25) is 10.0 Å². The Morgan fingerprint density at radius 3 is 2.41 bits per heavy atom. The molecule has 2 aromatic rings. The van der Waals surface area contributed by atoms with Gasteiger partial charge in [0.15, 0.2) is 7.14 Å². The zero-order chi connectivity index (χ0) is 12.3. The van der Waals surface area contributed by atoms with Crippen LogP contribution in [0.4, 0.5) is 0 Å². The first kappa shape index (κ1) is 13.0. The monoisotopic (exact) mass is 379 g/mol. The molecule has 0 bridgehead atoms. The summed E-state index contributed by atoms with van der Waals surface area (Å²) in [7, 11) is 1.62. The van der Waals surface area contributed by atoms with Gasteiger partial charge in [0.25, 0.3) is 0 Å². The van der Waals surface area contributed by atoms with Gasteiger partial charge in [-0.3, -0.25) is 0 Å². The van der Waals surface area contributed by atoms with Crippen LogP contribution in [0.25, 0.3) is 0 Å². The Labute approximate surface area is 121 Å². The first-order valence-corrected chi connectivity index (χ1v) is 7.84.